The van der Waals surface area contributed by atoms with Gasteiger partial charge in [-0.3, -0.25) is 10.5 Å². The van der Waals surface area contributed by atoms with Gasteiger partial charge in [0, 0.05) is 5.02 Å². The van der Waals surface area contributed by atoms with Crippen molar-refractivity contribution in [3.05, 3.63) is 28.2 Å². The molecule has 0 amide bonds. The average Bonchev–Trinajstić information content (AvgIpc) is 2.19. The molecule has 1 aromatic rings. The zero-order chi connectivity index (χ0) is 11.8. The standard InChI is InChI=1S/C8H6Cl2O3.H2O2/c9-5-1-2-7(6(10)3-5)13-4-8(11)12;1-2/h1-3H,4H2,(H,11,12);1-2H. The molecule has 0 heterocycles. The van der Waals surface area contributed by atoms with Crippen molar-refractivity contribution in [2.75, 3.05) is 6.61 Å². The molecule has 3 N–H and O–H groups in total. The van der Waals surface area contributed by atoms with E-state index in [1.54, 1.807) is 6.07 Å². The molecular weight excluding hydrogens is 247 g/mol. The van der Waals surface area contributed by atoms with Crippen LogP contribution in [0.5, 0.6) is 5.75 Å². The van der Waals surface area contributed by atoms with Gasteiger partial charge in [-0.1, -0.05) is 23.2 Å². The number of halogens is 2. The van der Waals surface area contributed by atoms with Crippen molar-refractivity contribution in [2.24, 2.45) is 0 Å². The van der Waals surface area contributed by atoms with Gasteiger partial charge in [0.05, 0.1) is 5.02 Å². The first-order valence-corrected chi connectivity index (χ1v) is 4.35. The Hall–Kier alpha value is -1.01. The Kier molecular flexibility index (Phi) is 6.81. The molecule has 0 spiro atoms. The molecule has 0 aliphatic carbocycles. The van der Waals surface area contributed by atoms with Gasteiger partial charge >= 0.3 is 5.97 Å². The number of rotatable bonds is 3. The number of carboxylic acid groups (broad SMARTS) is 1. The lowest BCUT2D eigenvalue weighted by atomic mass is 10.3. The van der Waals surface area contributed by atoms with E-state index in [4.69, 9.17) is 43.6 Å². The highest BCUT2D eigenvalue weighted by Gasteiger charge is 2.04. The van der Waals surface area contributed by atoms with Crippen molar-refractivity contribution in [1.29, 1.82) is 0 Å². The summed E-state index contributed by atoms with van der Waals surface area (Å²) < 4.78 is 4.86. The van der Waals surface area contributed by atoms with Crippen molar-refractivity contribution < 1.29 is 25.2 Å². The van der Waals surface area contributed by atoms with Crippen LogP contribution in [-0.2, 0) is 4.79 Å². The Balaban J connectivity index is 0.000000921. The van der Waals surface area contributed by atoms with E-state index in [1.165, 1.54) is 12.1 Å². The summed E-state index contributed by atoms with van der Waals surface area (Å²) in [6.45, 7) is -0.415. The minimum Gasteiger partial charge on any atom is -0.480 e. The van der Waals surface area contributed by atoms with E-state index < -0.39 is 12.6 Å². The topological polar surface area (TPSA) is 87.0 Å². The molecule has 7 heteroatoms. The molecule has 0 saturated heterocycles. The maximum absolute atomic E-state index is 10.2. The number of carbonyl (C=O) groups is 1. The predicted octanol–water partition coefficient (Wildman–Crippen LogP) is 2.47. The van der Waals surface area contributed by atoms with Gasteiger partial charge in [0.1, 0.15) is 5.75 Å². The van der Waals surface area contributed by atoms with Crippen molar-refractivity contribution in [1.82, 2.24) is 0 Å². The van der Waals surface area contributed by atoms with E-state index in [9.17, 15) is 4.79 Å². The van der Waals surface area contributed by atoms with E-state index in [-0.39, 0.29) is 0 Å². The smallest absolute Gasteiger partial charge is 0.341 e. The summed E-state index contributed by atoms with van der Waals surface area (Å²) in [4.78, 5) is 10.2. The Bertz CT molecular complexity index is 329. The van der Waals surface area contributed by atoms with Crippen LogP contribution in [0, 0.1) is 0 Å². The van der Waals surface area contributed by atoms with E-state index >= 15 is 0 Å². The monoisotopic (exact) mass is 254 g/mol. The number of hydrogen-bond acceptors (Lipinski definition) is 4. The minimum atomic E-state index is -1.05. The largest absolute Gasteiger partial charge is 0.480 e. The second kappa shape index (κ2) is 7.30. The average molecular weight is 255 g/mol. The lowest BCUT2D eigenvalue weighted by Gasteiger charge is -2.04. The Morgan fingerprint density at radius 2 is 1.93 bits per heavy atom. The van der Waals surface area contributed by atoms with Crippen LogP contribution in [0.25, 0.3) is 0 Å². The lowest BCUT2D eigenvalue weighted by Crippen LogP contribution is -2.09. The lowest BCUT2D eigenvalue weighted by molar-refractivity contribution is -0.176. The molecule has 0 saturated carbocycles. The molecule has 1 rings (SSSR count). The van der Waals surface area contributed by atoms with Crippen LogP contribution in [-0.4, -0.2) is 28.2 Å². The van der Waals surface area contributed by atoms with Gasteiger partial charge in [-0.05, 0) is 18.2 Å². The van der Waals surface area contributed by atoms with E-state index in [1.807, 2.05) is 0 Å². The normalized spacial score (nSPS) is 8.80. The Morgan fingerprint density at radius 3 is 2.40 bits per heavy atom. The maximum Gasteiger partial charge on any atom is 0.341 e. The first-order valence-electron chi connectivity index (χ1n) is 3.59. The summed E-state index contributed by atoms with van der Waals surface area (Å²) in [5.41, 5.74) is 0. The molecule has 0 radical (unpaired) electrons. The summed E-state index contributed by atoms with van der Waals surface area (Å²) in [5, 5.41) is 21.1. The fourth-order valence-electron chi connectivity index (χ4n) is 0.732. The van der Waals surface area contributed by atoms with Crippen LogP contribution in [0.15, 0.2) is 18.2 Å². The molecule has 0 unspecified atom stereocenters. The predicted molar refractivity (Wildman–Crippen MR) is 54.9 cm³/mol. The molecule has 1 aromatic carbocycles. The highest BCUT2D eigenvalue weighted by molar-refractivity contribution is 6.35. The van der Waals surface area contributed by atoms with Crippen LogP contribution in [0.4, 0.5) is 0 Å². The third-order valence-corrected chi connectivity index (χ3v) is 1.78. The number of ether oxygens (including phenoxy) is 1. The van der Waals surface area contributed by atoms with Crippen LogP contribution >= 0.6 is 23.2 Å². The number of carboxylic acids is 1. The Labute approximate surface area is 95.4 Å². The zero-order valence-corrected chi connectivity index (χ0v) is 8.87. The summed E-state index contributed by atoms with van der Waals surface area (Å²) in [7, 11) is 0. The van der Waals surface area contributed by atoms with Crippen LogP contribution in [0.3, 0.4) is 0 Å². The maximum atomic E-state index is 10.2. The molecule has 0 fully saturated rings. The van der Waals surface area contributed by atoms with E-state index in [0.29, 0.717) is 15.8 Å². The molecular formula is C8H8Cl2O5. The van der Waals surface area contributed by atoms with Crippen molar-refractivity contribution in [3.63, 3.8) is 0 Å². The molecule has 0 bridgehead atoms. The summed E-state index contributed by atoms with van der Waals surface area (Å²) in [6, 6.07) is 4.58. The van der Waals surface area contributed by atoms with Gasteiger partial charge < -0.3 is 9.84 Å². The molecule has 0 aliphatic rings. The Morgan fingerprint density at radius 1 is 1.33 bits per heavy atom. The SMILES string of the molecule is O=C(O)COc1ccc(Cl)cc1Cl.OO. The van der Waals surface area contributed by atoms with Crippen LogP contribution in [0.2, 0.25) is 10.0 Å². The van der Waals surface area contributed by atoms with Crippen LogP contribution in [0.1, 0.15) is 0 Å². The van der Waals surface area contributed by atoms with Crippen molar-refractivity contribution in [2.45, 2.75) is 0 Å². The number of aliphatic carboxylic acids is 1. The third-order valence-electron chi connectivity index (χ3n) is 1.25. The zero-order valence-electron chi connectivity index (χ0n) is 7.35. The van der Waals surface area contributed by atoms with Crippen molar-refractivity contribution in [3.8, 4) is 5.75 Å². The van der Waals surface area contributed by atoms with Gasteiger partial charge in [0.2, 0.25) is 0 Å². The number of benzene rings is 1. The molecule has 0 aliphatic heterocycles. The first-order chi connectivity index (χ1) is 7.09. The molecule has 5 nitrogen and oxygen atoms in total. The third kappa shape index (κ3) is 5.44. The highest BCUT2D eigenvalue weighted by atomic mass is 35.5. The van der Waals surface area contributed by atoms with E-state index in [2.05, 4.69) is 0 Å². The number of hydrogen-bond donors (Lipinski definition) is 3. The highest BCUT2D eigenvalue weighted by Crippen LogP contribution is 2.27. The van der Waals surface area contributed by atoms with Gasteiger partial charge in [-0.15, -0.1) is 0 Å². The van der Waals surface area contributed by atoms with Gasteiger partial charge in [0.25, 0.3) is 0 Å². The second-order valence-electron chi connectivity index (χ2n) is 2.26. The summed E-state index contributed by atoms with van der Waals surface area (Å²) in [5.74, 6) is -0.737. The van der Waals surface area contributed by atoms with Crippen LogP contribution < -0.4 is 4.74 Å². The van der Waals surface area contributed by atoms with Gasteiger partial charge in [-0.2, -0.15) is 0 Å². The van der Waals surface area contributed by atoms with Crippen molar-refractivity contribution >= 4 is 29.2 Å². The van der Waals surface area contributed by atoms with E-state index in [0.717, 1.165) is 0 Å². The fraction of sp³-hybridized carbons (Fsp3) is 0.125. The molecule has 15 heavy (non-hydrogen) atoms. The molecule has 84 valence electrons. The van der Waals surface area contributed by atoms with Gasteiger partial charge in [-0.25, -0.2) is 4.79 Å². The molecule has 0 aromatic heterocycles. The minimum absolute atomic E-state index is 0.300. The first kappa shape index (κ1) is 14.0. The summed E-state index contributed by atoms with van der Waals surface area (Å²) >= 11 is 11.3. The molecule has 0 atom stereocenters. The second-order valence-corrected chi connectivity index (χ2v) is 3.10. The summed E-state index contributed by atoms with van der Waals surface area (Å²) in [6.07, 6.45) is 0. The fourth-order valence-corrected chi connectivity index (χ4v) is 1.19. The quantitative estimate of drug-likeness (QED) is 0.570. The van der Waals surface area contributed by atoms with Gasteiger partial charge in [0.15, 0.2) is 6.61 Å².